The molecule has 1 saturated carbocycles. The van der Waals surface area contributed by atoms with Crippen molar-refractivity contribution in [3.05, 3.63) is 100 Å². The zero-order chi connectivity index (χ0) is 21.2. The summed E-state index contributed by atoms with van der Waals surface area (Å²) in [6.07, 6.45) is 2.90. The van der Waals surface area contributed by atoms with Crippen LogP contribution in [0.25, 0.3) is 4.85 Å². The SMILES string of the molecule is [C-]#[N+]c1ccc(COc2ccc3c(c2)CC(c2ccc(C(=O)NC4CC4)cc2)=N3)cc1. The predicted molar refractivity (Wildman–Crippen MR) is 120 cm³/mol. The topological polar surface area (TPSA) is 55.0 Å². The molecule has 1 aliphatic carbocycles. The molecule has 1 N–H and O–H groups in total. The van der Waals surface area contributed by atoms with Crippen LogP contribution in [-0.2, 0) is 13.0 Å². The van der Waals surface area contributed by atoms with E-state index < -0.39 is 0 Å². The number of benzene rings is 3. The quantitative estimate of drug-likeness (QED) is 0.558. The fourth-order valence-electron chi connectivity index (χ4n) is 3.58. The molecule has 152 valence electrons. The van der Waals surface area contributed by atoms with E-state index in [4.69, 9.17) is 16.3 Å². The van der Waals surface area contributed by atoms with E-state index in [-0.39, 0.29) is 5.91 Å². The summed E-state index contributed by atoms with van der Waals surface area (Å²) in [5, 5.41) is 3.01. The molecule has 5 heteroatoms. The van der Waals surface area contributed by atoms with Crippen LogP contribution in [0.1, 0.15) is 39.9 Å². The number of aliphatic imine (C=N–C) groups is 1. The van der Waals surface area contributed by atoms with Gasteiger partial charge in [0.1, 0.15) is 12.4 Å². The highest BCUT2D eigenvalue weighted by Gasteiger charge is 2.24. The summed E-state index contributed by atoms with van der Waals surface area (Å²) in [5.74, 6) is 0.799. The van der Waals surface area contributed by atoms with E-state index in [1.54, 1.807) is 12.1 Å². The van der Waals surface area contributed by atoms with Gasteiger partial charge in [0.05, 0.1) is 18.0 Å². The number of hydrogen-bond acceptors (Lipinski definition) is 3. The first-order valence-corrected chi connectivity index (χ1v) is 10.4. The smallest absolute Gasteiger partial charge is 0.251 e. The number of ether oxygens (including phenoxy) is 1. The lowest BCUT2D eigenvalue weighted by molar-refractivity contribution is 0.0951. The van der Waals surface area contributed by atoms with Gasteiger partial charge in [0.15, 0.2) is 5.69 Å². The van der Waals surface area contributed by atoms with E-state index in [1.165, 1.54) is 0 Å². The Morgan fingerprint density at radius 2 is 1.84 bits per heavy atom. The molecule has 0 saturated heterocycles. The van der Waals surface area contributed by atoms with Gasteiger partial charge in [0.2, 0.25) is 0 Å². The number of hydrogen-bond donors (Lipinski definition) is 1. The Balaban J connectivity index is 1.23. The third kappa shape index (κ3) is 4.34. The second-order valence-electron chi connectivity index (χ2n) is 7.92. The maximum absolute atomic E-state index is 12.2. The minimum absolute atomic E-state index is 0.00350. The molecular weight excluding hydrogens is 386 g/mol. The summed E-state index contributed by atoms with van der Waals surface area (Å²) in [7, 11) is 0. The number of fused-ring (bicyclic) bond motifs is 1. The third-order valence-electron chi connectivity index (χ3n) is 5.53. The molecule has 1 aliphatic heterocycles. The van der Waals surface area contributed by atoms with E-state index in [0.29, 0.717) is 23.9 Å². The Labute approximate surface area is 181 Å². The Hall–Kier alpha value is -3.91. The molecule has 0 atom stereocenters. The number of carbonyl (C=O) groups excluding carboxylic acids is 1. The van der Waals surface area contributed by atoms with E-state index in [1.807, 2.05) is 54.6 Å². The molecule has 5 rings (SSSR count). The second-order valence-corrected chi connectivity index (χ2v) is 7.92. The molecule has 0 radical (unpaired) electrons. The van der Waals surface area contributed by atoms with Crippen molar-refractivity contribution in [2.75, 3.05) is 0 Å². The number of carbonyl (C=O) groups is 1. The highest BCUT2D eigenvalue weighted by molar-refractivity contribution is 6.07. The molecular formula is C26H21N3O2. The van der Waals surface area contributed by atoms with Crippen molar-refractivity contribution in [3.63, 3.8) is 0 Å². The fourth-order valence-corrected chi connectivity index (χ4v) is 3.58. The monoisotopic (exact) mass is 407 g/mol. The van der Waals surface area contributed by atoms with Crippen molar-refractivity contribution >= 4 is 23.0 Å². The normalized spacial score (nSPS) is 14.4. The van der Waals surface area contributed by atoms with Crippen LogP contribution in [0.2, 0.25) is 0 Å². The van der Waals surface area contributed by atoms with Crippen molar-refractivity contribution in [3.8, 4) is 5.75 Å². The van der Waals surface area contributed by atoms with Crippen LogP contribution in [0.15, 0.2) is 71.7 Å². The number of nitrogens with one attached hydrogen (secondary N) is 1. The lowest BCUT2D eigenvalue weighted by Crippen LogP contribution is -2.25. The van der Waals surface area contributed by atoms with Gasteiger partial charge < -0.3 is 10.1 Å². The first-order valence-electron chi connectivity index (χ1n) is 10.4. The average Bonchev–Trinajstić information content (AvgIpc) is 3.52. The number of amides is 1. The standard InChI is InChI=1S/C26H21N3O2/c1-27-21-8-2-17(3-9-21)16-31-23-12-13-24-20(14-23)15-25(29-24)18-4-6-19(7-5-18)26(30)28-22-10-11-22/h2-9,12-14,22H,10-11,15-16H2,(H,28,30). The summed E-state index contributed by atoms with van der Waals surface area (Å²) < 4.78 is 5.94. The maximum Gasteiger partial charge on any atom is 0.251 e. The van der Waals surface area contributed by atoms with Crippen LogP contribution in [0.5, 0.6) is 5.75 Å². The van der Waals surface area contributed by atoms with Crippen molar-refractivity contribution in [2.45, 2.75) is 31.9 Å². The fraction of sp³-hybridized carbons (Fsp3) is 0.192. The van der Waals surface area contributed by atoms with Crippen molar-refractivity contribution in [1.29, 1.82) is 0 Å². The molecule has 0 bridgehead atoms. The van der Waals surface area contributed by atoms with Crippen LogP contribution in [0.4, 0.5) is 11.4 Å². The molecule has 2 aliphatic rings. The van der Waals surface area contributed by atoms with Gasteiger partial charge in [0, 0.05) is 18.0 Å². The summed E-state index contributed by atoms with van der Waals surface area (Å²) in [4.78, 5) is 20.3. The Kier molecular flexibility index (Phi) is 4.97. The van der Waals surface area contributed by atoms with E-state index in [9.17, 15) is 4.79 Å². The number of nitrogens with zero attached hydrogens (tertiary/aromatic N) is 2. The lowest BCUT2D eigenvalue weighted by Gasteiger charge is -2.08. The van der Waals surface area contributed by atoms with Gasteiger partial charge in [-0.05, 0) is 59.9 Å². The van der Waals surface area contributed by atoms with E-state index in [2.05, 4.69) is 10.2 Å². The number of rotatable bonds is 6. The second kappa shape index (κ2) is 8.08. The zero-order valence-corrected chi connectivity index (χ0v) is 17.0. The summed E-state index contributed by atoms with van der Waals surface area (Å²) >= 11 is 0. The van der Waals surface area contributed by atoms with Gasteiger partial charge >= 0.3 is 0 Å². The van der Waals surface area contributed by atoms with E-state index >= 15 is 0 Å². The maximum atomic E-state index is 12.2. The van der Waals surface area contributed by atoms with Crippen LogP contribution in [-0.4, -0.2) is 17.7 Å². The van der Waals surface area contributed by atoms with Crippen LogP contribution < -0.4 is 10.1 Å². The Bertz CT molecular complexity index is 1200. The van der Waals surface area contributed by atoms with Crippen LogP contribution in [0.3, 0.4) is 0 Å². The summed E-state index contributed by atoms with van der Waals surface area (Å²) in [6, 6.07) is 21.4. The molecule has 1 heterocycles. The third-order valence-corrected chi connectivity index (χ3v) is 5.53. The molecule has 5 nitrogen and oxygen atoms in total. The summed E-state index contributed by atoms with van der Waals surface area (Å²) in [5.41, 5.74) is 6.45. The van der Waals surface area contributed by atoms with Gasteiger partial charge in [-0.2, -0.15) is 0 Å². The Morgan fingerprint density at radius 1 is 1.06 bits per heavy atom. The minimum atomic E-state index is -0.00350. The van der Waals surface area contributed by atoms with Gasteiger partial charge in [-0.25, -0.2) is 4.85 Å². The van der Waals surface area contributed by atoms with Crippen molar-refractivity contribution < 1.29 is 9.53 Å². The van der Waals surface area contributed by atoms with Gasteiger partial charge in [-0.1, -0.05) is 36.4 Å². The van der Waals surface area contributed by atoms with Gasteiger partial charge in [0.25, 0.3) is 5.91 Å². The molecule has 31 heavy (non-hydrogen) atoms. The summed E-state index contributed by atoms with van der Waals surface area (Å²) in [6.45, 7) is 7.47. The molecule has 0 unspecified atom stereocenters. The lowest BCUT2D eigenvalue weighted by atomic mass is 10.0. The molecule has 0 aromatic heterocycles. The molecule has 0 spiro atoms. The first-order chi connectivity index (χ1) is 15.2. The molecule has 3 aromatic carbocycles. The zero-order valence-electron chi connectivity index (χ0n) is 17.0. The van der Waals surface area contributed by atoms with Crippen LogP contribution in [0, 0.1) is 6.57 Å². The van der Waals surface area contributed by atoms with Gasteiger partial charge in [-0.3, -0.25) is 9.79 Å². The van der Waals surface area contributed by atoms with Crippen LogP contribution >= 0.6 is 0 Å². The Morgan fingerprint density at radius 3 is 2.55 bits per heavy atom. The van der Waals surface area contributed by atoms with Gasteiger partial charge in [-0.15, -0.1) is 0 Å². The highest BCUT2D eigenvalue weighted by atomic mass is 16.5. The highest BCUT2D eigenvalue weighted by Crippen LogP contribution is 2.32. The molecule has 1 amide bonds. The molecule has 3 aromatic rings. The van der Waals surface area contributed by atoms with E-state index in [0.717, 1.165) is 53.1 Å². The van der Waals surface area contributed by atoms with Crippen molar-refractivity contribution in [2.24, 2.45) is 4.99 Å². The predicted octanol–water partition coefficient (Wildman–Crippen LogP) is 5.39. The van der Waals surface area contributed by atoms with Crippen molar-refractivity contribution in [1.82, 2.24) is 5.32 Å². The minimum Gasteiger partial charge on any atom is -0.489 e. The average molecular weight is 407 g/mol. The first kappa shape index (κ1) is 19.1. The largest absolute Gasteiger partial charge is 0.489 e. The molecule has 1 fully saturated rings.